The molecular weight excluding hydrogens is 781 g/mol. The van der Waals surface area contributed by atoms with Gasteiger partial charge in [0.25, 0.3) is 5.91 Å². The molecule has 0 saturated carbocycles. The maximum absolute atomic E-state index is 14.4. The Morgan fingerprint density at radius 2 is 1.27 bits per heavy atom. The molecule has 18 heteroatoms. The van der Waals surface area contributed by atoms with E-state index in [1.165, 1.54) is 23.6 Å². The van der Waals surface area contributed by atoms with E-state index < -0.39 is 100 Å². The summed E-state index contributed by atoms with van der Waals surface area (Å²) >= 11 is 1.29. The fourth-order valence-electron chi connectivity index (χ4n) is 6.77. The van der Waals surface area contributed by atoms with Crippen LogP contribution in [-0.4, -0.2) is 110 Å². The van der Waals surface area contributed by atoms with Crippen molar-refractivity contribution < 1.29 is 43.5 Å². The SMILES string of the molecule is CC[C@H](C)[C@H](NC(C)=O)C(=O)N[C@H](C(=O)N[C@@H](Cc1ccccc1)[C@H](O)C(=O)N1CSC(C)(C)[C@@H]1C(=O)N[C@H](C(=O)N[C@@H](CCC(N)=O)C(N)=O)[C@@H](C)CC)[C@@H](C)CC. The Morgan fingerprint density at radius 1 is 0.780 bits per heavy atom. The molecule has 8 amide bonds. The summed E-state index contributed by atoms with van der Waals surface area (Å²) in [5.74, 6) is -6.50. The van der Waals surface area contributed by atoms with Gasteiger partial charge < -0.3 is 48.1 Å². The van der Waals surface area contributed by atoms with Gasteiger partial charge in [0.05, 0.1) is 11.9 Å². The van der Waals surface area contributed by atoms with Crippen molar-refractivity contribution in [3.63, 3.8) is 0 Å². The van der Waals surface area contributed by atoms with Crippen molar-refractivity contribution in [1.29, 1.82) is 0 Å². The standard InChI is InChI=1S/C41H66N8O9S/c1-10-22(4)30(44-25(7)50)38(56)47-31(23(5)11-2)37(55)46-28(20-26-16-14-13-15-17-26)33(52)40(58)49-21-59-41(8,9)34(49)39(57)48-32(24(6)12-3)36(54)45-27(35(43)53)18-19-29(42)51/h13-17,22-24,27-28,30-34,52H,10-12,18-21H2,1-9H3,(H2,42,51)(H2,43,53)(H,44,50)(H,45,54)(H,46,55)(H,47,56)(H,48,57)/t22-,23-,24-,27-,28-,30-,31-,32-,33-,34-/m0/s1. The number of amides is 8. The predicted molar refractivity (Wildman–Crippen MR) is 225 cm³/mol. The fraction of sp³-hybridized carbons (Fsp3) is 0.659. The molecule has 1 saturated heterocycles. The second-order valence-corrected chi connectivity index (χ2v) is 17.7. The summed E-state index contributed by atoms with van der Waals surface area (Å²) < 4.78 is -0.905. The molecule has 1 aliphatic heterocycles. The van der Waals surface area contributed by atoms with Gasteiger partial charge in [0, 0.05) is 18.1 Å². The highest BCUT2D eigenvalue weighted by Gasteiger charge is 2.51. The molecule has 1 heterocycles. The summed E-state index contributed by atoms with van der Waals surface area (Å²) in [4.78, 5) is 107. The smallest absolute Gasteiger partial charge is 0.254 e. The van der Waals surface area contributed by atoms with E-state index in [-0.39, 0.29) is 37.0 Å². The van der Waals surface area contributed by atoms with Crippen molar-refractivity contribution in [3.8, 4) is 0 Å². The van der Waals surface area contributed by atoms with E-state index in [9.17, 15) is 43.5 Å². The number of benzene rings is 1. The number of thioether (sulfide) groups is 1. The molecule has 1 aromatic carbocycles. The van der Waals surface area contributed by atoms with Crippen molar-refractivity contribution in [2.24, 2.45) is 29.2 Å². The molecule has 17 nitrogen and oxygen atoms in total. The topological polar surface area (TPSA) is 272 Å². The van der Waals surface area contributed by atoms with Gasteiger partial charge in [0.15, 0.2) is 6.10 Å². The zero-order chi connectivity index (χ0) is 44.8. The van der Waals surface area contributed by atoms with Gasteiger partial charge >= 0.3 is 0 Å². The van der Waals surface area contributed by atoms with E-state index in [4.69, 9.17) is 11.5 Å². The molecule has 0 aliphatic carbocycles. The summed E-state index contributed by atoms with van der Waals surface area (Å²) in [5.41, 5.74) is 11.4. The Balaban J connectivity index is 2.47. The van der Waals surface area contributed by atoms with Gasteiger partial charge in [-0.3, -0.25) is 38.4 Å². The quantitative estimate of drug-likeness (QED) is 0.0760. The van der Waals surface area contributed by atoms with Gasteiger partial charge in [-0.15, -0.1) is 11.8 Å². The van der Waals surface area contributed by atoms with Gasteiger partial charge in [0.1, 0.15) is 30.2 Å². The van der Waals surface area contributed by atoms with Crippen LogP contribution >= 0.6 is 11.8 Å². The lowest BCUT2D eigenvalue weighted by Gasteiger charge is -2.35. The van der Waals surface area contributed by atoms with E-state index in [2.05, 4.69) is 26.6 Å². The number of aliphatic hydroxyl groups is 1. The first-order valence-corrected chi connectivity index (χ1v) is 21.3. The van der Waals surface area contributed by atoms with Crippen LogP contribution in [0.2, 0.25) is 0 Å². The normalized spacial score (nSPS) is 19.3. The molecule has 10 atom stereocenters. The van der Waals surface area contributed by atoms with Crippen LogP contribution in [0.4, 0.5) is 0 Å². The second-order valence-electron chi connectivity index (χ2n) is 16.1. The van der Waals surface area contributed by atoms with Crippen LogP contribution in [-0.2, 0) is 44.8 Å². The van der Waals surface area contributed by atoms with Crippen LogP contribution in [0.1, 0.15) is 100.0 Å². The molecule has 1 aromatic rings. The Morgan fingerprint density at radius 3 is 1.76 bits per heavy atom. The third kappa shape index (κ3) is 14.5. The molecule has 2 rings (SSSR count). The van der Waals surface area contributed by atoms with Crippen molar-refractivity contribution in [3.05, 3.63) is 35.9 Å². The molecule has 0 bridgehead atoms. The zero-order valence-electron chi connectivity index (χ0n) is 35.8. The van der Waals surface area contributed by atoms with Crippen LogP contribution in [0, 0.1) is 17.8 Å². The summed E-state index contributed by atoms with van der Waals surface area (Å²) in [6.45, 7) is 15.7. The zero-order valence-corrected chi connectivity index (χ0v) is 36.6. The van der Waals surface area contributed by atoms with Gasteiger partial charge in [-0.1, -0.05) is 91.1 Å². The number of aliphatic hydroxyl groups excluding tert-OH is 1. The van der Waals surface area contributed by atoms with Crippen molar-refractivity contribution in [2.45, 2.75) is 148 Å². The number of carbonyl (C=O) groups is 8. The highest BCUT2D eigenvalue weighted by atomic mass is 32.2. The molecule has 10 N–H and O–H groups in total. The van der Waals surface area contributed by atoms with E-state index in [0.717, 1.165) is 0 Å². The summed E-state index contributed by atoms with van der Waals surface area (Å²) in [7, 11) is 0. The third-order valence-electron chi connectivity index (χ3n) is 11.1. The van der Waals surface area contributed by atoms with Crippen molar-refractivity contribution >= 4 is 59.0 Å². The molecule has 0 aromatic heterocycles. The highest BCUT2D eigenvalue weighted by molar-refractivity contribution is 8.00. The second kappa shape index (κ2) is 23.2. The molecule has 0 unspecified atom stereocenters. The van der Waals surface area contributed by atoms with Gasteiger partial charge in [0.2, 0.25) is 41.4 Å². The number of primary amides is 2. The third-order valence-corrected chi connectivity index (χ3v) is 12.5. The van der Waals surface area contributed by atoms with Crippen LogP contribution in [0.25, 0.3) is 0 Å². The van der Waals surface area contributed by atoms with Crippen LogP contribution < -0.4 is 38.1 Å². The molecule has 0 radical (unpaired) electrons. The van der Waals surface area contributed by atoms with Crippen molar-refractivity contribution in [2.75, 3.05) is 5.88 Å². The van der Waals surface area contributed by atoms with Gasteiger partial charge in [-0.2, -0.15) is 0 Å². The van der Waals surface area contributed by atoms with Crippen LogP contribution in [0.5, 0.6) is 0 Å². The number of hydrogen-bond acceptors (Lipinski definition) is 10. The Kier molecular flexibility index (Phi) is 19.8. The summed E-state index contributed by atoms with van der Waals surface area (Å²) in [6.07, 6.45) is -0.690. The number of nitrogens with two attached hydrogens (primary N) is 2. The molecule has 59 heavy (non-hydrogen) atoms. The minimum atomic E-state index is -1.86. The maximum atomic E-state index is 14.4. The van der Waals surface area contributed by atoms with E-state index in [0.29, 0.717) is 24.8 Å². The van der Waals surface area contributed by atoms with E-state index in [1.807, 2.05) is 27.7 Å². The average molecular weight is 847 g/mol. The number of nitrogens with zero attached hydrogens (tertiary/aromatic N) is 1. The Bertz CT molecular complexity index is 1650. The van der Waals surface area contributed by atoms with E-state index >= 15 is 0 Å². The number of carbonyl (C=O) groups excluding carboxylic acids is 8. The predicted octanol–water partition coefficient (Wildman–Crippen LogP) is 0.603. The highest BCUT2D eigenvalue weighted by Crippen LogP contribution is 2.40. The summed E-state index contributed by atoms with van der Waals surface area (Å²) in [6, 6.07) is 2.08. The minimum Gasteiger partial charge on any atom is -0.381 e. The maximum Gasteiger partial charge on any atom is 0.254 e. The Labute approximate surface area is 352 Å². The summed E-state index contributed by atoms with van der Waals surface area (Å²) in [5, 5.41) is 25.5. The lowest BCUT2D eigenvalue weighted by atomic mass is 9.93. The number of hydrogen-bond donors (Lipinski definition) is 8. The molecule has 330 valence electrons. The lowest BCUT2D eigenvalue weighted by Crippen LogP contribution is -2.63. The number of nitrogens with one attached hydrogen (secondary N) is 5. The average Bonchev–Trinajstić information content (AvgIpc) is 3.51. The molecule has 1 fully saturated rings. The van der Waals surface area contributed by atoms with E-state index in [1.54, 1.807) is 58.0 Å². The van der Waals surface area contributed by atoms with Crippen LogP contribution in [0.15, 0.2) is 30.3 Å². The lowest BCUT2D eigenvalue weighted by molar-refractivity contribution is -0.148. The van der Waals surface area contributed by atoms with Crippen LogP contribution in [0.3, 0.4) is 0 Å². The first kappa shape index (κ1) is 50.4. The monoisotopic (exact) mass is 846 g/mol. The minimum absolute atomic E-state index is 0.00422. The molecular formula is C41H66N8O9S. The Hall–Kier alpha value is -4.71. The van der Waals surface area contributed by atoms with Gasteiger partial charge in [-0.05, 0) is 50.0 Å². The molecule has 0 spiro atoms. The largest absolute Gasteiger partial charge is 0.381 e. The first-order valence-electron chi connectivity index (χ1n) is 20.3. The fourth-order valence-corrected chi connectivity index (χ4v) is 7.91. The first-order chi connectivity index (χ1) is 27.6. The van der Waals surface area contributed by atoms with Gasteiger partial charge in [-0.25, -0.2) is 0 Å². The van der Waals surface area contributed by atoms with Crippen molar-refractivity contribution in [1.82, 2.24) is 31.5 Å². The molecule has 1 aliphatic rings. The number of rotatable bonds is 23.